The van der Waals surface area contributed by atoms with Crippen LogP contribution in [0.2, 0.25) is 5.02 Å². The van der Waals surface area contributed by atoms with Gasteiger partial charge in [-0.2, -0.15) is 0 Å². The molecule has 0 aromatic heterocycles. The highest BCUT2D eigenvalue weighted by Crippen LogP contribution is 2.21. The maximum atomic E-state index is 12.5. The number of anilines is 1. The van der Waals surface area contributed by atoms with Gasteiger partial charge in [0.25, 0.3) is 0 Å². The van der Waals surface area contributed by atoms with Gasteiger partial charge in [0, 0.05) is 41.4 Å². The van der Waals surface area contributed by atoms with Crippen molar-refractivity contribution in [3.8, 4) is 0 Å². The summed E-state index contributed by atoms with van der Waals surface area (Å²) in [5, 5.41) is 3.82. The van der Waals surface area contributed by atoms with Crippen molar-refractivity contribution in [1.82, 2.24) is 10.2 Å². The second kappa shape index (κ2) is 8.11. The summed E-state index contributed by atoms with van der Waals surface area (Å²) in [5.41, 5.74) is 2.19. The molecule has 1 fully saturated rings. The van der Waals surface area contributed by atoms with Gasteiger partial charge in [-0.25, -0.2) is 4.79 Å². The molecule has 1 atom stereocenters. The minimum absolute atomic E-state index is 0.0155. The number of halogens is 2. The second-order valence-corrected chi connectivity index (χ2v) is 7.53. The van der Waals surface area contributed by atoms with Crippen molar-refractivity contribution >= 4 is 39.2 Å². The molecule has 6 heteroatoms. The van der Waals surface area contributed by atoms with Gasteiger partial charge in [-0.1, -0.05) is 45.7 Å². The molecular formula is C19H21BrClN3O. The van der Waals surface area contributed by atoms with E-state index in [1.165, 1.54) is 0 Å². The molecule has 2 aromatic rings. The van der Waals surface area contributed by atoms with Crippen molar-refractivity contribution < 1.29 is 4.79 Å². The lowest BCUT2D eigenvalue weighted by Crippen LogP contribution is -2.52. The first-order chi connectivity index (χ1) is 12.0. The number of benzene rings is 2. The standard InChI is InChI=1S/C19H21BrClN3O/c1-14(15-4-2-5-16(20)12-15)22-19(25)24-10-8-23(9-11-24)18-7-3-6-17(21)13-18/h2-7,12-14H,8-11H2,1H3,(H,22,25)/t14-/m0/s1. The Labute approximate surface area is 161 Å². The van der Waals surface area contributed by atoms with Crippen molar-refractivity contribution in [2.45, 2.75) is 13.0 Å². The number of hydrogen-bond donors (Lipinski definition) is 1. The van der Waals surface area contributed by atoms with Gasteiger partial charge in [-0.05, 0) is 42.8 Å². The first-order valence-corrected chi connectivity index (χ1v) is 9.51. The fraction of sp³-hybridized carbons (Fsp3) is 0.316. The predicted octanol–water partition coefficient (Wildman–Crippen LogP) is 4.70. The molecule has 1 aliphatic heterocycles. The number of urea groups is 1. The molecule has 3 rings (SSSR count). The molecule has 1 aliphatic rings. The Balaban J connectivity index is 1.54. The van der Waals surface area contributed by atoms with Crippen molar-refractivity contribution in [1.29, 1.82) is 0 Å². The molecule has 0 radical (unpaired) electrons. The summed E-state index contributed by atoms with van der Waals surface area (Å²) in [7, 11) is 0. The average molecular weight is 423 g/mol. The third-order valence-corrected chi connectivity index (χ3v) is 5.16. The van der Waals surface area contributed by atoms with Crippen molar-refractivity contribution in [2.24, 2.45) is 0 Å². The number of nitrogens with zero attached hydrogens (tertiary/aromatic N) is 2. The third-order valence-electron chi connectivity index (χ3n) is 4.43. The molecule has 0 bridgehead atoms. The first kappa shape index (κ1) is 18.1. The minimum atomic E-state index is -0.0315. The van der Waals surface area contributed by atoms with Crippen LogP contribution in [0.5, 0.6) is 0 Å². The van der Waals surface area contributed by atoms with Crippen molar-refractivity contribution in [3.63, 3.8) is 0 Å². The largest absolute Gasteiger partial charge is 0.368 e. The van der Waals surface area contributed by atoms with Gasteiger partial charge in [0.2, 0.25) is 0 Å². The van der Waals surface area contributed by atoms with E-state index in [-0.39, 0.29) is 12.1 Å². The summed E-state index contributed by atoms with van der Waals surface area (Å²) in [4.78, 5) is 16.7. The van der Waals surface area contributed by atoms with Crippen LogP contribution in [0.15, 0.2) is 53.0 Å². The quantitative estimate of drug-likeness (QED) is 0.778. The van der Waals surface area contributed by atoms with Crippen LogP contribution in [-0.4, -0.2) is 37.1 Å². The van der Waals surface area contributed by atoms with E-state index in [0.29, 0.717) is 13.1 Å². The Kier molecular flexibility index (Phi) is 5.86. The number of nitrogens with one attached hydrogen (secondary N) is 1. The Bertz CT molecular complexity index is 747. The number of carbonyl (C=O) groups excluding carboxylic acids is 1. The number of hydrogen-bond acceptors (Lipinski definition) is 2. The van der Waals surface area contributed by atoms with Crippen molar-refractivity contribution in [3.05, 3.63) is 63.6 Å². The molecule has 2 aromatic carbocycles. The third kappa shape index (κ3) is 4.67. The van der Waals surface area contributed by atoms with Gasteiger partial charge < -0.3 is 15.1 Å². The van der Waals surface area contributed by atoms with Gasteiger partial charge in [0.05, 0.1) is 6.04 Å². The summed E-state index contributed by atoms with van der Waals surface area (Å²) < 4.78 is 1.02. The van der Waals surface area contributed by atoms with Crippen LogP contribution in [0.3, 0.4) is 0 Å². The topological polar surface area (TPSA) is 35.6 Å². The van der Waals surface area contributed by atoms with E-state index in [0.717, 1.165) is 33.8 Å². The van der Waals surface area contributed by atoms with Crippen LogP contribution in [-0.2, 0) is 0 Å². The molecule has 4 nitrogen and oxygen atoms in total. The number of amides is 2. The molecular weight excluding hydrogens is 402 g/mol. The van der Waals surface area contributed by atoms with Crippen LogP contribution in [0.1, 0.15) is 18.5 Å². The number of carbonyl (C=O) groups is 1. The lowest BCUT2D eigenvalue weighted by Gasteiger charge is -2.36. The van der Waals surface area contributed by atoms with Crippen molar-refractivity contribution in [2.75, 3.05) is 31.1 Å². The number of rotatable bonds is 3. The average Bonchev–Trinajstić information content (AvgIpc) is 2.62. The predicted molar refractivity (Wildman–Crippen MR) is 106 cm³/mol. The van der Waals surface area contributed by atoms with Crippen LogP contribution >= 0.6 is 27.5 Å². The zero-order chi connectivity index (χ0) is 17.8. The smallest absolute Gasteiger partial charge is 0.317 e. The number of piperazine rings is 1. The van der Waals surface area contributed by atoms with Gasteiger partial charge in [-0.15, -0.1) is 0 Å². The highest BCUT2D eigenvalue weighted by Gasteiger charge is 2.22. The Morgan fingerprint density at radius 2 is 1.84 bits per heavy atom. The fourth-order valence-corrected chi connectivity index (χ4v) is 3.58. The lowest BCUT2D eigenvalue weighted by molar-refractivity contribution is 0.191. The zero-order valence-electron chi connectivity index (χ0n) is 14.1. The minimum Gasteiger partial charge on any atom is -0.368 e. The van der Waals surface area contributed by atoms with Gasteiger partial charge >= 0.3 is 6.03 Å². The molecule has 25 heavy (non-hydrogen) atoms. The summed E-state index contributed by atoms with van der Waals surface area (Å²) in [6.07, 6.45) is 0. The summed E-state index contributed by atoms with van der Waals surface area (Å²) in [6.45, 7) is 5.01. The molecule has 1 saturated heterocycles. The highest BCUT2D eigenvalue weighted by atomic mass is 79.9. The van der Waals surface area contributed by atoms with E-state index >= 15 is 0 Å². The van der Waals surface area contributed by atoms with E-state index in [1.807, 2.05) is 54.3 Å². The molecule has 2 amide bonds. The highest BCUT2D eigenvalue weighted by molar-refractivity contribution is 9.10. The van der Waals surface area contributed by atoms with Crippen LogP contribution in [0.4, 0.5) is 10.5 Å². The van der Waals surface area contributed by atoms with E-state index in [4.69, 9.17) is 11.6 Å². The summed E-state index contributed by atoms with van der Waals surface area (Å²) in [5.74, 6) is 0. The van der Waals surface area contributed by atoms with E-state index < -0.39 is 0 Å². The van der Waals surface area contributed by atoms with E-state index in [1.54, 1.807) is 0 Å². The van der Waals surface area contributed by atoms with Crippen LogP contribution in [0.25, 0.3) is 0 Å². The molecule has 0 spiro atoms. The molecule has 1 heterocycles. The monoisotopic (exact) mass is 421 g/mol. The molecule has 0 unspecified atom stereocenters. The zero-order valence-corrected chi connectivity index (χ0v) is 16.4. The molecule has 132 valence electrons. The van der Waals surface area contributed by atoms with E-state index in [9.17, 15) is 4.79 Å². The van der Waals surface area contributed by atoms with Crippen LogP contribution in [0, 0.1) is 0 Å². The Morgan fingerprint density at radius 1 is 1.12 bits per heavy atom. The Morgan fingerprint density at radius 3 is 2.52 bits per heavy atom. The van der Waals surface area contributed by atoms with Gasteiger partial charge in [0.1, 0.15) is 0 Å². The normalized spacial score (nSPS) is 15.8. The van der Waals surface area contributed by atoms with E-state index in [2.05, 4.69) is 32.2 Å². The van der Waals surface area contributed by atoms with Gasteiger partial charge in [0.15, 0.2) is 0 Å². The maximum absolute atomic E-state index is 12.5. The lowest BCUT2D eigenvalue weighted by atomic mass is 10.1. The second-order valence-electron chi connectivity index (χ2n) is 6.18. The SMILES string of the molecule is C[C@H](NC(=O)N1CCN(c2cccc(Cl)c2)CC1)c1cccc(Br)c1. The molecule has 0 aliphatic carbocycles. The summed E-state index contributed by atoms with van der Waals surface area (Å²) in [6, 6.07) is 15.8. The molecule has 0 saturated carbocycles. The first-order valence-electron chi connectivity index (χ1n) is 8.34. The van der Waals surface area contributed by atoms with Gasteiger partial charge in [-0.3, -0.25) is 0 Å². The molecule has 1 N–H and O–H groups in total. The maximum Gasteiger partial charge on any atom is 0.317 e. The Hall–Kier alpha value is -1.72. The fourth-order valence-electron chi connectivity index (χ4n) is 2.98. The summed E-state index contributed by atoms with van der Waals surface area (Å²) >= 11 is 9.53. The van der Waals surface area contributed by atoms with Crippen LogP contribution < -0.4 is 10.2 Å².